The number of likely N-dealkylation sites (tertiary alicyclic amines) is 1. The van der Waals surface area contributed by atoms with Gasteiger partial charge in [0.1, 0.15) is 0 Å². The van der Waals surface area contributed by atoms with Crippen molar-refractivity contribution in [1.82, 2.24) is 9.88 Å². The number of rotatable bonds is 1. The number of fused-ring (bicyclic) bond motifs is 1. The van der Waals surface area contributed by atoms with Crippen molar-refractivity contribution in [2.24, 2.45) is 5.92 Å². The van der Waals surface area contributed by atoms with Crippen LogP contribution in [0.25, 0.3) is 10.9 Å². The van der Waals surface area contributed by atoms with Crippen LogP contribution in [0.15, 0.2) is 30.5 Å². The Morgan fingerprint density at radius 1 is 1.17 bits per heavy atom. The van der Waals surface area contributed by atoms with Crippen molar-refractivity contribution in [2.75, 3.05) is 20.1 Å². The van der Waals surface area contributed by atoms with Crippen LogP contribution in [0, 0.1) is 5.92 Å². The average molecular weight is 324 g/mol. The smallest absolute Gasteiger partial charge is 0.305 e. The molecule has 0 radical (unpaired) electrons. The number of aromatic nitrogens is 1. The van der Waals surface area contributed by atoms with Gasteiger partial charge in [-0.1, -0.05) is 26.5 Å². The number of halogens is 3. The van der Waals surface area contributed by atoms with E-state index in [1.165, 1.54) is 12.3 Å². The van der Waals surface area contributed by atoms with Crippen molar-refractivity contribution in [1.29, 1.82) is 0 Å². The van der Waals surface area contributed by atoms with E-state index in [1.807, 2.05) is 0 Å². The van der Waals surface area contributed by atoms with E-state index in [-0.39, 0.29) is 18.9 Å². The van der Waals surface area contributed by atoms with E-state index in [0.29, 0.717) is 11.3 Å². The van der Waals surface area contributed by atoms with E-state index in [9.17, 15) is 13.2 Å². The highest BCUT2D eigenvalue weighted by molar-refractivity contribution is 5.86. The number of hydrogen-bond donors (Lipinski definition) is 0. The molecule has 1 aromatic heterocycles. The zero-order valence-electron chi connectivity index (χ0n) is 12.7. The van der Waals surface area contributed by atoms with Crippen molar-refractivity contribution in [3.05, 3.63) is 41.6 Å². The largest absolute Gasteiger partial charge is 0.418 e. The molecule has 5 heteroatoms. The SMILES string of the molecule is C.C[C@@H]1CC(c2ccc(C(F)(F)F)c3ncccc23)CN(C)C1. The molecular weight excluding hydrogens is 301 g/mol. The Kier molecular flexibility index (Phi) is 4.99. The molecule has 0 aliphatic carbocycles. The Bertz CT molecular complexity index is 672. The number of benzene rings is 1. The molecule has 1 aliphatic rings. The maximum absolute atomic E-state index is 13.2. The molecule has 1 unspecified atom stereocenters. The Morgan fingerprint density at radius 3 is 2.57 bits per heavy atom. The fourth-order valence-electron chi connectivity index (χ4n) is 3.62. The zero-order valence-corrected chi connectivity index (χ0v) is 12.7. The molecule has 1 aromatic carbocycles. The molecule has 23 heavy (non-hydrogen) atoms. The molecule has 0 amide bonds. The number of nitrogens with zero attached hydrogens (tertiary/aromatic N) is 2. The highest BCUT2D eigenvalue weighted by Gasteiger charge is 2.34. The van der Waals surface area contributed by atoms with Crippen LogP contribution in [-0.4, -0.2) is 30.0 Å². The molecule has 1 fully saturated rings. The monoisotopic (exact) mass is 324 g/mol. The number of piperidine rings is 1. The average Bonchev–Trinajstić information content (AvgIpc) is 2.44. The van der Waals surface area contributed by atoms with Crippen LogP contribution in [0.2, 0.25) is 0 Å². The second kappa shape index (κ2) is 6.48. The van der Waals surface area contributed by atoms with E-state index in [0.717, 1.165) is 25.1 Å². The first-order valence-corrected chi connectivity index (χ1v) is 7.49. The van der Waals surface area contributed by atoms with Gasteiger partial charge < -0.3 is 4.90 Å². The number of hydrogen-bond acceptors (Lipinski definition) is 2. The first-order chi connectivity index (χ1) is 10.4. The van der Waals surface area contributed by atoms with Gasteiger partial charge in [0.2, 0.25) is 0 Å². The normalized spacial score (nSPS) is 22.8. The molecule has 0 spiro atoms. The van der Waals surface area contributed by atoms with Gasteiger partial charge in [0.25, 0.3) is 0 Å². The maximum atomic E-state index is 13.2. The van der Waals surface area contributed by atoms with Crippen molar-refractivity contribution in [2.45, 2.75) is 32.9 Å². The minimum absolute atomic E-state index is 0. The van der Waals surface area contributed by atoms with E-state index < -0.39 is 11.7 Å². The molecule has 1 aliphatic heterocycles. The first-order valence-electron chi connectivity index (χ1n) is 7.49. The molecule has 0 saturated carbocycles. The predicted molar refractivity (Wildman–Crippen MR) is 87.5 cm³/mol. The lowest BCUT2D eigenvalue weighted by atomic mass is 9.83. The summed E-state index contributed by atoms with van der Waals surface area (Å²) in [5, 5.41) is 0.629. The van der Waals surface area contributed by atoms with Crippen LogP contribution in [0.3, 0.4) is 0 Å². The quantitative estimate of drug-likeness (QED) is 0.738. The summed E-state index contributed by atoms with van der Waals surface area (Å²) in [6.07, 6.45) is -1.95. The van der Waals surface area contributed by atoms with Crippen LogP contribution < -0.4 is 0 Å². The van der Waals surface area contributed by atoms with Gasteiger partial charge in [-0.2, -0.15) is 13.2 Å². The molecule has 3 rings (SSSR count). The van der Waals surface area contributed by atoms with Crippen LogP contribution in [-0.2, 0) is 6.18 Å². The minimum Gasteiger partial charge on any atom is -0.305 e. The summed E-state index contributed by atoms with van der Waals surface area (Å²) < 4.78 is 39.5. The fourth-order valence-corrected chi connectivity index (χ4v) is 3.62. The molecular formula is C18H23F3N2. The highest BCUT2D eigenvalue weighted by Crippen LogP contribution is 2.39. The summed E-state index contributed by atoms with van der Waals surface area (Å²) >= 11 is 0. The molecule has 0 bridgehead atoms. The molecule has 1 saturated heterocycles. The number of pyridine rings is 1. The first kappa shape index (κ1) is 17.7. The maximum Gasteiger partial charge on any atom is 0.418 e. The summed E-state index contributed by atoms with van der Waals surface area (Å²) in [5.74, 6) is 0.792. The Balaban J connectivity index is 0.00000192. The molecule has 2 nitrogen and oxygen atoms in total. The van der Waals surface area contributed by atoms with Crippen molar-refractivity contribution in [3.8, 4) is 0 Å². The Labute approximate surface area is 135 Å². The van der Waals surface area contributed by atoms with E-state index in [4.69, 9.17) is 0 Å². The lowest BCUT2D eigenvalue weighted by Gasteiger charge is -2.34. The second-order valence-electron chi connectivity index (χ2n) is 6.36. The lowest BCUT2D eigenvalue weighted by Crippen LogP contribution is -2.35. The van der Waals surface area contributed by atoms with Crippen molar-refractivity contribution in [3.63, 3.8) is 0 Å². The van der Waals surface area contributed by atoms with Gasteiger partial charge in [-0.05, 0) is 43.0 Å². The van der Waals surface area contributed by atoms with Gasteiger partial charge >= 0.3 is 6.18 Å². The van der Waals surface area contributed by atoms with Crippen LogP contribution in [0.5, 0.6) is 0 Å². The minimum atomic E-state index is -4.37. The molecule has 2 aromatic rings. The zero-order chi connectivity index (χ0) is 15.9. The van der Waals surface area contributed by atoms with Crippen LogP contribution in [0.4, 0.5) is 13.2 Å². The van der Waals surface area contributed by atoms with Gasteiger partial charge in [-0.15, -0.1) is 0 Å². The summed E-state index contributed by atoms with van der Waals surface area (Å²) in [4.78, 5) is 6.26. The van der Waals surface area contributed by atoms with Crippen LogP contribution >= 0.6 is 0 Å². The van der Waals surface area contributed by atoms with Gasteiger partial charge in [0.15, 0.2) is 0 Å². The summed E-state index contributed by atoms with van der Waals surface area (Å²) in [6, 6.07) is 6.29. The van der Waals surface area contributed by atoms with Crippen LogP contribution in [0.1, 0.15) is 37.8 Å². The summed E-state index contributed by atoms with van der Waals surface area (Å²) in [7, 11) is 2.06. The van der Waals surface area contributed by atoms with E-state index in [2.05, 4.69) is 23.9 Å². The Hall–Kier alpha value is -1.62. The number of likely N-dealkylation sites (N-methyl/N-ethyl adjacent to an activating group) is 1. The van der Waals surface area contributed by atoms with Gasteiger partial charge in [-0.3, -0.25) is 4.98 Å². The third-order valence-corrected chi connectivity index (χ3v) is 4.39. The number of alkyl halides is 3. The highest BCUT2D eigenvalue weighted by atomic mass is 19.4. The lowest BCUT2D eigenvalue weighted by molar-refractivity contribution is -0.136. The molecule has 0 N–H and O–H groups in total. The second-order valence-corrected chi connectivity index (χ2v) is 6.36. The summed E-state index contributed by atoms with van der Waals surface area (Å²) in [6.45, 7) is 4.10. The predicted octanol–water partition coefficient (Wildman–Crippen LogP) is 4.94. The van der Waals surface area contributed by atoms with Gasteiger partial charge in [-0.25, -0.2) is 0 Å². The third kappa shape index (κ3) is 3.50. The third-order valence-electron chi connectivity index (χ3n) is 4.39. The Morgan fingerprint density at radius 2 is 1.91 bits per heavy atom. The van der Waals surface area contributed by atoms with Crippen molar-refractivity contribution < 1.29 is 13.2 Å². The van der Waals surface area contributed by atoms with E-state index >= 15 is 0 Å². The molecule has 2 heterocycles. The summed E-state index contributed by atoms with van der Waals surface area (Å²) in [5.41, 5.74) is 0.395. The fraction of sp³-hybridized carbons (Fsp3) is 0.500. The topological polar surface area (TPSA) is 16.1 Å². The van der Waals surface area contributed by atoms with Crippen molar-refractivity contribution >= 4 is 10.9 Å². The molecule has 126 valence electrons. The standard InChI is InChI=1S/C17H19F3N2.CH4/c1-11-8-12(10-22(2)9-11)13-5-6-15(17(18,19)20)16-14(13)4-3-7-21-16;/h3-7,11-12H,8-10H2,1-2H3;1H4/t11-,12?;/m1./s1. The van der Waals surface area contributed by atoms with Gasteiger partial charge in [0.05, 0.1) is 11.1 Å². The van der Waals surface area contributed by atoms with Gasteiger partial charge in [0, 0.05) is 24.7 Å². The van der Waals surface area contributed by atoms with E-state index in [1.54, 1.807) is 18.2 Å². The molecule has 2 atom stereocenters.